The average Bonchev–Trinajstić information content (AvgIpc) is 2.94. The Morgan fingerprint density at radius 2 is 2.05 bits per heavy atom. The Balaban J connectivity index is 0.00000200. The number of H-pyrrole nitrogens is 1. The van der Waals surface area contributed by atoms with Crippen molar-refractivity contribution in [3.8, 4) is 11.3 Å². The van der Waals surface area contributed by atoms with E-state index < -0.39 is 6.04 Å². The summed E-state index contributed by atoms with van der Waals surface area (Å²) in [7, 11) is 0. The van der Waals surface area contributed by atoms with Crippen LogP contribution in [0.1, 0.15) is 19.8 Å². The van der Waals surface area contributed by atoms with Crippen LogP contribution < -0.4 is 11.1 Å². The lowest BCUT2D eigenvalue weighted by atomic mass is 10.1. The summed E-state index contributed by atoms with van der Waals surface area (Å²) in [6, 6.07) is 9.00. The minimum atomic E-state index is -0.447. The summed E-state index contributed by atoms with van der Waals surface area (Å²) in [4.78, 5) is 11.8. The quantitative estimate of drug-likeness (QED) is 0.792. The number of anilines is 1. The Hall–Kier alpha value is -1.85. The van der Waals surface area contributed by atoms with E-state index in [0.717, 1.165) is 23.4 Å². The van der Waals surface area contributed by atoms with Crippen molar-refractivity contribution in [3.05, 3.63) is 36.5 Å². The Morgan fingerprint density at radius 3 is 2.60 bits per heavy atom. The van der Waals surface area contributed by atoms with Crippen LogP contribution in [0, 0.1) is 0 Å². The molecule has 6 heteroatoms. The molecule has 1 aromatic heterocycles. The Bertz CT molecular complexity index is 525. The first kappa shape index (κ1) is 16.2. The molecule has 0 saturated heterocycles. The maximum absolute atomic E-state index is 11.8. The molecule has 20 heavy (non-hydrogen) atoms. The molecule has 0 aliphatic carbocycles. The predicted molar refractivity (Wildman–Crippen MR) is 82.8 cm³/mol. The van der Waals surface area contributed by atoms with Gasteiger partial charge in [0.05, 0.1) is 11.7 Å². The van der Waals surface area contributed by atoms with Gasteiger partial charge in [-0.25, -0.2) is 0 Å². The Kier molecular flexibility index (Phi) is 6.21. The summed E-state index contributed by atoms with van der Waals surface area (Å²) < 4.78 is 0. The van der Waals surface area contributed by atoms with Crippen LogP contribution in [0.4, 0.5) is 5.69 Å². The lowest BCUT2D eigenvalue weighted by Crippen LogP contribution is -2.35. The van der Waals surface area contributed by atoms with Gasteiger partial charge in [-0.3, -0.25) is 9.89 Å². The number of hydrogen-bond donors (Lipinski definition) is 3. The molecule has 108 valence electrons. The van der Waals surface area contributed by atoms with E-state index in [2.05, 4.69) is 15.5 Å². The summed E-state index contributed by atoms with van der Waals surface area (Å²) in [6.07, 6.45) is 3.29. The zero-order chi connectivity index (χ0) is 13.7. The third-order valence-corrected chi connectivity index (χ3v) is 2.90. The number of hydrogen-bond acceptors (Lipinski definition) is 3. The molecule has 4 N–H and O–H groups in total. The molecule has 0 fully saturated rings. The average molecular weight is 295 g/mol. The third kappa shape index (κ3) is 4.08. The van der Waals surface area contributed by atoms with Crippen LogP contribution in [0.25, 0.3) is 11.3 Å². The van der Waals surface area contributed by atoms with Crippen molar-refractivity contribution in [2.24, 2.45) is 5.73 Å². The van der Waals surface area contributed by atoms with Gasteiger partial charge in [0.25, 0.3) is 0 Å². The zero-order valence-corrected chi connectivity index (χ0v) is 12.1. The number of carbonyl (C=O) groups excluding carboxylic acids is 1. The fourth-order valence-corrected chi connectivity index (χ4v) is 1.83. The highest BCUT2D eigenvalue weighted by Gasteiger charge is 2.12. The standard InChI is InChI=1S/C14H18N4O.ClH/c1-2-3-12(15)14(19)17-11-6-4-10(5-7-11)13-8-9-16-18-13;/h4-9,12H,2-3,15H2,1H3,(H,16,18)(H,17,19);1H. The van der Waals surface area contributed by atoms with Gasteiger partial charge in [0.1, 0.15) is 0 Å². The Labute approximate surface area is 124 Å². The number of aromatic nitrogens is 2. The van der Waals surface area contributed by atoms with Gasteiger partial charge >= 0.3 is 0 Å². The van der Waals surface area contributed by atoms with Gasteiger partial charge in [0.15, 0.2) is 0 Å². The molecule has 1 atom stereocenters. The first-order chi connectivity index (χ1) is 9.20. The molecular formula is C14H19ClN4O. The summed E-state index contributed by atoms with van der Waals surface area (Å²) in [5, 5.41) is 9.60. The molecular weight excluding hydrogens is 276 g/mol. The molecule has 1 heterocycles. The molecule has 0 saturated carbocycles. The number of halogens is 1. The summed E-state index contributed by atoms with van der Waals surface area (Å²) in [5.74, 6) is -0.142. The molecule has 0 radical (unpaired) electrons. The van der Waals surface area contributed by atoms with Crippen LogP contribution in [-0.4, -0.2) is 22.1 Å². The van der Waals surface area contributed by atoms with Crippen molar-refractivity contribution >= 4 is 24.0 Å². The molecule has 5 nitrogen and oxygen atoms in total. The molecule has 1 aromatic carbocycles. The summed E-state index contributed by atoms with van der Waals surface area (Å²) in [5.41, 5.74) is 8.47. The van der Waals surface area contributed by atoms with E-state index in [1.54, 1.807) is 6.20 Å². The topological polar surface area (TPSA) is 83.8 Å². The van der Waals surface area contributed by atoms with Gasteiger partial charge in [-0.1, -0.05) is 25.5 Å². The number of amides is 1. The first-order valence-corrected chi connectivity index (χ1v) is 6.37. The van der Waals surface area contributed by atoms with Crippen LogP contribution in [0.3, 0.4) is 0 Å². The van der Waals surface area contributed by atoms with Crippen molar-refractivity contribution in [2.75, 3.05) is 5.32 Å². The largest absolute Gasteiger partial charge is 0.325 e. The number of nitrogens with zero attached hydrogens (tertiary/aromatic N) is 1. The molecule has 0 aliphatic heterocycles. The van der Waals surface area contributed by atoms with Crippen molar-refractivity contribution < 1.29 is 4.79 Å². The molecule has 0 bridgehead atoms. The van der Waals surface area contributed by atoms with Crippen molar-refractivity contribution in [1.29, 1.82) is 0 Å². The Morgan fingerprint density at radius 1 is 1.35 bits per heavy atom. The van der Waals surface area contributed by atoms with Crippen LogP contribution in [0.5, 0.6) is 0 Å². The van der Waals surface area contributed by atoms with Crippen LogP contribution in [0.15, 0.2) is 36.5 Å². The minimum Gasteiger partial charge on any atom is -0.325 e. The van der Waals surface area contributed by atoms with Crippen molar-refractivity contribution in [3.63, 3.8) is 0 Å². The fraction of sp³-hybridized carbons (Fsp3) is 0.286. The number of nitrogens with two attached hydrogens (primary N) is 1. The monoisotopic (exact) mass is 294 g/mol. The number of aromatic amines is 1. The van der Waals surface area contributed by atoms with E-state index in [4.69, 9.17) is 5.73 Å². The van der Waals surface area contributed by atoms with Gasteiger partial charge in [0, 0.05) is 11.9 Å². The lowest BCUT2D eigenvalue weighted by molar-refractivity contribution is -0.117. The molecule has 2 aromatic rings. The van der Waals surface area contributed by atoms with Crippen molar-refractivity contribution in [1.82, 2.24) is 10.2 Å². The van der Waals surface area contributed by atoms with Gasteiger partial charge in [-0.05, 0) is 30.2 Å². The van der Waals surface area contributed by atoms with Crippen LogP contribution in [0.2, 0.25) is 0 Å². The second-order valence-corrected chi connectivity index (χ2v) is 4.43. The van der Waals surface area contributed by atoms with Crippen LogP contribution >= 0.6 is 12.4 Å². The number of carbonyl (C=O) groups is 1. The molecule has 0 spiro atoms. The van der Waals surface area contributed by atoms with Crippen LogP contribution in [-0.2, 0) is 4.79 Å². The molecule has 0 aliphatic rings. The highest BCUT2D eigenvalue weighted by Crippen LogP contribution is 2.18. The second-order valence-electron chi connectivity index (χ2n) is 4.43. The number of benzene rings is 1. The van der Waals surface area contributed by atoms with E-state index >= 15 is 0 Å². The first-order valence-electron chi connectivity index (χ1n) is 6.37. The molecule has 1 amide bonds. The molecule has 1 unspecified atom stereocenters. The second kappa shape index (κ2) is 7.67. The maximum atomic E-state index is 11.8. The van der Waals surface area contributed by atoms with E-state index in [1.165, 1.54) is 0 Å². The highest BCUT2D eigenvalue weighted by molar-refractivity contribution is 5.94. The van der Waals surface area contributed by atoms with E-state index in [0.29, 0.717) is 6.42 Å². The number of rotatable bonds is 5. The SMILES string of the molecule is CCCC(N)C(=O)Nc1ccc(-c2ccn[nH]2)cc1.Cl. The van der Waals surface area contributed by atoms with Gasteiger partial charge in [-0.2, -0.15) is 5.10 Å². The van der Waals surface area contributed by atoms with E-state index in [1.807, 2.05) is 37.3 Å². The maximum Gasteiger partial charge on any atom is 0.241 e. The lowest BCUT2D eigenvalue weighted by Gasteiger charge is -2.11. The molecule has 2 rings (SSSR count). The van der Waals surface area contributed by atoms with Crippen molar-refractivity contribution in [2.45, 2.75) is 25.8 Å². The summed E-state index contributed by atoms with van der Waals surface area (Å²) >= 11 is 0. The number of nitrogens with one attached hydrogen (secondary N) is 2. The fourth-order valence-electron chi connectivity index (χ4n) is 1.83. The van der Waals surface area contributed by atoms with Gasteiger partial charge in [-0.15, -0.1) is 12.4 Å². The zero-order valence-electron chi connectivity index (χ0n) is 11.3. The third-order valence-electron chi connectivity index (χ3n) is 2.90. The van der Waals surface area contributed by atoms with E-state index in [9.17, 15) is 4.79 Å². The predicted octanol–water partition coefficient (Wildman–Crippen LogP) is 2.56. The summed E-state index contributed by atoms with van der Waals surface area (Å²) in [6.45, 7) is 2.01. The smallest absolute Gasteiger partial charge is 0.241 e. The highest BCUT2D eigenvalue weighted by atomic mass is 35.5. The van der Waals surface area contributed by atoms with Gasteiger partial charge in [0.2, 0.25) is 5.91 Å². The van der Waals surface area contributed by atoms with Gasteiger partial charge < -0.3 is 11.1 Å². The minimum absolute atomic E-state index is 0. The van der Waals surface area contributed by atoms with E-state index in [-0.39, 0.29) is 18.3 Å². The normalized spacial score (nSPS) is 11.5.